The van der Waals surface area contributed by atoms with E-state index >= 15 is 0 Å². The molecule has 11 aromatic rings. The van der Waals surface area contributed by atoms with E-state index in [0.29, 0.717) is 62.2 Å². The van der Waals surface area contributed by atoms with Crippen molar-refractivity contribution in [2.75, 3.05) is 52.3 Å². The summed E-state index contributed by atoms with van der Waals surface area (Å²) in [5.41, 5.74) is 15.5. The van der Waals surface area contributed by atoms with E-state index in [-0.39, 0.29) is 62.6 Å². The number of carboxylic acids is 2. The van der Waals surface area contributed by atoms with Gasteiger partial charge in [0.15, 0.2) is 0 Å². The minimum absolute atomic E-state index is 0.00157. The number of carbonyl (C=O) groups excluding carboxylic acids is 5. The number of non-ortho nitro benzene ring substituents is 3. The van der Waals surface area contributed by atoms with Gasteiger partial charge < -0.3 is 71.9 Å². The molecule has 0 radical (unpaired) electrons. The van der Waals surface area contributed by atoms with Crippen molar-refractivity contribution in [3.8, 4) is 0 Å². The summed E-state index contributed by atoms with van der Waals surface area (Å²) in [6.45, 7) is 16.4. The minimum atomic E-state index is -1.32. The van der Waals surface area contributed by atoms with Crippen LogP contribution >= 0.6 is 54.5 Å². The molecule has 0 aliphatic heterocycles. The van der Waals surface area contributed by atoms with Crippen LogP contribution in [0.4, 0.5) is 85.3 Å². The van der Waals surface area contributed by atoms with Crippen LogP contribution in [0.3, 0.4) is 0 Å². The maximum Gasteiger partial charge on any atom is 0.340 e. The van der Waals surface area contributed by atoms with Gasteiger partial charge >= 0.3 is 41.8 Å². The molecule has 0 unspecified atom stereocenters. The van der Waals surface area contributed by atoms with Gasteiger partial charge in [0.1, 0.15) is 16.8 Å². The van der Waals surface area contributed by atoms with E-state index in [9.17, 15) is 74.1 Å². The highest BCUT2D eigenvalue weighted by atomic mass is 127. The molecule has 0 atom stereocenters. The number of halogens is 3. The fraction of sp³-hybridized carbons (Fsp3) is 0.161. The number of rotatable bonds is 20. The Kier molecular flexibility index (Phi) is 35.3. The molecule has 0 aliphatic rings. The minimum Gasteiger partial charge on any atom is -0.478 e. The highest BCUT2D eigenvalue weighted by Crippen LogP contribution is 2.36. The Bertz CT molecular complexity index is 5520. The van der Waals surface area contributed by atoms with Crippen molar-refractivity contribution in [2.24, 2.45) is 0 Å². The fourth-order valence-electron chi connectivity index (χ4n) is 10.0. The van der Waals surface area contributed by atoms with Gasteiger partial charge in [-0.15, -0.1) is 0 Å². The summed E-state index contributed by atoms with van der Waals surface area (Å²) < 4.78 is 28.7. The second-order valence-electron chi connectivity index (χ2n) is 27.9. The molecule has 11 N–H and O–H groups in total. The topological polar surface area (TPSA) is 448 Å². The fourth-order valence-corrected chi connectivity index (χ4v) is 11.1. The monoisotopic (exact) mass is 1870 g/mol. The average Bonchev–Trinajstić information content (AvgIpc) is 0.822. The highest BCUT2D eigenvalue weighted by molar-refractivity contribution is 14.1. The molecule has 120 heavy (non-hydrogen) atoms. The largest absolute Gasteiger partial charge is 0.478 e. The number of esters is 5. The van der Waals surface area contributed by atoms with Crippen molar-refractivity contribution in [3.63, 3.8) is 0 Å². The van der Waals surface area contributed by atoms with Crippen LogP contribution in [-0.2, 0) is 23.7 Å². The number of benzene rings is 11. The summed E-state index contributed by atoms with van der Waals surface area (Å²) in [4.78, 5) is 113. The van der Waals surface area contributed by atoms with Crippen LogP contribution in [0.2, 0.25) is 0 Å². The first-order valence-electron chi connectivity index (χ1n) is 35.8. The summed E-state index contributed by atoms with van der Waals surface area (Å²) in [5.74, 6) is -5.00. The predicted octanol–water partition coefficient (Wildman–Crippen LogP) is 21.7. The van der Waals surface area contributed by atoms with Crippen LogP contribution in [0.15, 0.2) is 258 Å². The molecule has 11 aromatic carbocycles. The Morgan fingerprint density at radius 2 is 0.592 bits per heavy atom. The molecule has 0 fully saturated rings. The number of nitro groups is 3. The van der Waals surface area contributed by atoms with Gasteiger partial charge in [-0.1, -0.05) is 97.1 Å². The number of nitrogens with two attached hydrogens (primary N) is 2. The van der Waals surface area contributed by atoms with Gasteiger partial charge in [-0.25, -0.2) is 33.6 Å². The first-order valence-corrected chi connectivity index (χ1v) is 38.5. The molecule has 0 spiro atoms. The Balaban J connectivity index is 0.000000235. The maximum absolute atomic E-state index is 12.7. The van der Waals surface area contributed by atoms with E-state index in [1.165, 1.54) is 64.7 Å². The number of nitrogens with zero attached hydrogens (tertiary/aromatic N) is 3. The number of hydrogen-bond donors (Lipinski definition) is 9. The van der Waals surface area contributed by atoms with Crippen LogP contribution in [0, 0.1) is 33.9 Å². The third-order valence-corrected chi connectivity index (χ3v) is 18.5. The number of hydrogen-bond acceptors (Lipinski definition) is 25. The van der Waals surface area contributed by atoms with Crippen molar-refractivity contribution in [1.29, 1.82) is 0 Å². The lowest BCUT2D eigenvalue weighted by molar-refractivity contribution is -0.385. The molecule has 0 aromatic heterocycles. The van der Waals surface area contributed by atoms with E-state index in [1.54, 1.807) is 142 Å². The molecule has 0 aliphatic carbocycles. The second kappa shape index (κ2) is 44.5. The molecule has 624 valence electrons. The van der Waals surface area contributed by atoms with Gasteiger partial charge in [0.25, 0.3) is 17.1 Å². The normalized spacial score (nSPS) is 10.5. The van der Waals surface area contributed by atoms with Crippen molar-refractivity contribution < 1.29 is 82.2 Å². The maximum atomic E-state index is 12.7. The lowest BCUT2D eigenvalue weighted by atomic mass is 10.1. The SMILES string of the molecule is Brc1ccccc1I.CC(C)(C)OC(=O)c1ccccc1N.CC(C)(C)OC(=O)c1ccccc1Nc1ccccc1Br.COC(=O)c1cc([N+](=O)[O-])ccc1N.COC(=O)c1cc([N+](=O)[O-])ccc1Nc1ccccc1Nc1ccccc1C(=O)OC(C)(C)C.O=C(O)c1ccccc1Nc1ccccc1Nc1ccc([N+](=O)[O-])cc1C(=O)O. The quantitative estimate of drug-likeness (QED) is 0.00854. The number of aromatic carboxylic acids is 2. The Morgan fingerprint density at radius 3 is 0.942 bits per heavy atom. The molecular formula is C87H85Br2IN10O20. The van der Waals surface area contributed by atoms with Gasteiger partial charge in [-0.2, -0.15) is 0 Å². The molecule has 0 saturated heterocycles. The summed E-state index contributed by atoms with van der Waals surface area (Å²) in [5, 5.41) is 66.8. The molecule has 0 amide bonds. The standard InChI is InChI=1S/C25H25N3O6.C20H15N3O6.C17H18BrNO2.C11H15NO2.C8H8N2O4.C6H4BrI/c1-25(2,3)34-24(30)17-9-5-6-10-19(17)26-21-11-7-8-12-22(21)27-20-14-13-16(28(31)32)15-18(20)23(29)33-4;24-19(25)13-5-1-2-6-15(13)21-17-7-3-4-8-18(17)22-16-10-9-12(23(28)29)11-14(16)20(26)27;1-17(2,3)21-16(20)12-8-4-6-10-14(12)19-15-11-7-5-9-13(15)18;1-11(2,3)14-10(13)8-6-4-5-7-9(8)12;1-14-8(11)6-4-5(10(12)13)2-3-7(6)9;7-5-3-1-2-4-6(5)8/h5-15,26-27H,1-4H3;1-11,21-22H,(H,24,25)(H,26,27);4-11,19H,1-3H3;4-7H,12H2,1-3H3;2-4H,9H2,1H3;1-4H. The number of para-hydroxylation sites is 9. The lowest BCUT2D eigenvalue weighted by Crippen LogP contribution is -2.24. The molecule has 0 bridgehead atoms. The van der Waals surface area contributed by atoms with Crippen LogP contribution in [0.25, 0.3) is 0 Å². The van der Waals surface area contributed by atoms with E-state index < -0.39 is 61.4 Å². The van der Waals surface area contributed by atoms with Crippen LogP contribution in [-0.4, -0.2) is 97.8 Å². The second-order valence-corrected chi connectivity index (χ2v) is 30.8. The van der Waals surface area contributed by atoms with E-state index in [2.05, 4.69) is 91.8 Å². The number of carbonyl (C=O) groups is 7. The molecule has 30 nitrogen and oxygen atoms in total. The Hall–Kier alpha value is -13.8. The zero-order chi connectivity index (χ0) is 88.8. The molecule has 0 saturated carbocycles. The van der Waals surface area contributed by atoms with E-state index in [0.717, 1.165) is 34.0 Å². The van der Waals surface area contributed by atoms with Gasteiger partial charge in [-0.05, 0) is 232 Å². The first kappa shape index (κ1) is 95.0. The third-order valence-electron chi connectivity index (χ3n) is 15.4. The van der Waals surface area contributed by atoms with Crippen LogP contribution in [0.1, 0.15) is 135 Å². The van der Waals surface area contributed by atoms with Gasteiger partial charge in [0.05, 0.1) is 125 Å². The Labute approximate surface area is 720 Å². The number of carboxylic acid groups (broad SMARTS) is 2. The number of ether oxygens (including phenoxy) is 5. The predicted molar refractivity (Wildman–Crippen MR) is 476 cm³/mol. The summed E-state index contributed by atoms with van der Waals surface area (Å²) in [6.07, 6.45) is 0. The Morgan fingerprint density at radius 1 is 0.325 bits per heavy atom. The number of nitrogen functional groups attached to an aromatic ring is 2. The number of methoxy groups -OCH3 is 2. The first-order chi connectivity index (χ1) is 56.6. The average molecular weight is 1880 g/mol. The van der Waals surface area contributed by atoms with Gasteiger partial charge in [-0.3, -0.25) is 30.3 Å². The summed E-state index contributed by atoms with van der Waals surface area (Å²) in [6, 6.07) is 68.3. The third kappa shape index (κ3) is 30.0. The molecule has 33 heteroatoms. The highest BCUT2D eigenvalue weighted by Gasteiger charge is 2.26. The smallest absolute Gasteiger partial charge is 0.340 e. The zero-order valence-corrected chi connectivity index (χ0v) is 71.9. The molecule has 11 rings (SSSR count). The summed E-state index contributed by atoms with van der Waals surface area (Å²) >= 11 is 9.15. The van der Waals surface area contributed by atoms with E-state index in [1.807, 2.05) is 102 Å². The van der Waals surface area contributed by atoms with Crippen molar-refractivity contribution in [2.45, 2.75) is 79.1 Å². The zero-order valence-electron chi connectivity index (χ0n) is 66.5. The number of nitrogens with one attached hydrogen (secondary N) is 5. The van der Waals surface area contributed by atoms with Crippen molar-refractivity contribution in [1.82, 2.24) is 0 Å². The van der Waals surface area contributed by atoms with Gasteiger partial charge in [0, 0.05) is 60.3 Å². The van der Waals surface area contributed by atoms with Crippen molar-refractivity contribution >= 4 is 182 Å². The molecule has 0 heterocycles. The van der Waals surface area contributed by atoms with Gasteiger partial charge in [0.2, 0.25) is 0 Å². The van der Waals surface area contributed by atoms with Crippen molar-refractivity contribution in [3.05, 3.63) is 331 Å². The number of nitro benzene ring substituents is 3. The lowest BCUT2D eigenvalue weighted by Gasteiger charge is -2.21. The molecular weight excluding hydrogens is 1790 g/mol. The van der Waals surface area contributed by atoms with E-state index in [4.69, 9.17) is 30.4 Å². The summed E-state index contributed by atoms with van der Waals surface area (Å²) in [7, 11) is 2.38. The van der Waals surface area contributed by atoms with Crippen LogP contribution < -0.4 is 38.1 Å². The number of anilines is 12. The van der Waals surface area contributed by atoms with Crippen LogP contribution in [0.5, 0.6) is 0 Å².